The van der Waals surface area contributed by atoms with Gasteiger partial charge in [-0.2, -0.15) is 0 Å². The standard InChI is InChI=1S/C11H24N2O/c1-3-7-11(14)10(13-4-2)8-5-6-9-12/h10,13H,3-9,12H2,1-2H3. The SMILES string of the molecule is CCCC(=O)C(CCCCN)NCC. The highest BCUT2D eigenvalue weighted by atomic mass is 16.1. The molecule has 0 amide bonds. The highest BCUT2D eigenvalue weighted by molar-refractivity contribution is 5.83. The molecule has 84 valence electrons. The second-order valence-electron chi connectivity index (χ2n) is 3.61. The van der Waals surface area contributed by atoms with Gasteiger partial charge in [-0.25, -0.2) is 0 Å². The maximum absolute atomic E-state index is 11.6. The molecule has 0 aliphatic carbocycles. The Morgan fingerprint density at radius 2 is 2.07 bits per heavy atom. The number of hydrogen-bond donors (Lipinski definition) is 2. The van der Waals surface area contributed by atoms with Crippen molar-refractivity contribution in [3.05, 3.63) is 0 Å². The molecule has 0 aromatic heterocycles. The van der Waals surface area contributed by atoms with Crippen molar-refractivity contribution in [2.75, 3.05) is 13.1 Å². The van der Waals surface area contributed by atoms with E-state index >= 15 is 0 Å². The number of carbonyl (C=O) groups is 1. The van der Waals surface area contributed by atoms with Gasteiger partial charge in [0, 0.05) is 6.42 Å². The first kappa shape index (κ1) is 13.6. The van der Waals surface area contributed by atoms with Crippen molar-refractivity contribution >= 4 is 5.78 Å². The Morgan fingerprint density at radius 1 is 1.36 bits per heavy atom. The van der Waals surface area contributed by atoms with Crippen molar-refractivity contribution < 1.29 is 4.79 Å². The molecular formula is C11H24N2O. The van der Waals surface area contributed by atoms with Gasteiger partial charge < -0.3 is 11.1 Å². The second kappa shape index (κ2) is 9.16. The van der Waals surface area contributed by atoms with Crippen LogP contribution in [-0.2, 0) is 4.79 Å². The summed E-state index contributed by atoms with van der Waals surface area (Å²) >= 11 is 0. The lowest BCUT2D eigenvalue weighted by atomic mass is 10.0. The second-order valence-corrected chi connectivity index (χ2v) is 3.61. The van der Waals surface area contributed by atoms with Gasteiger partial charge in [0.2, 0.25) is 0 Å². The van der Waals surface area contributed by atoms with Gasteiger partial charge in [0.15, 0.2) is 0 Å². The minimum Gasteiger partial charge on any atom is -0.330 e. The van der Waals surface area contributed by atoms with Crippen molar-refractivity contribution in [1.82, 2.24) is 5.32 Å². The number of nitrogens with one attached hydrogen (secondary N) is 1. The number of Topliss-reactive ketones (excluding diaryl/α,β-unsaturated/α-hetero) is 1. The fourth-order valence-corrected chi connectivity index (χ4v) is 1.54. The monoisotopic (exact) mass is 200 g/mol. The quantitative estimate of drug-likeness (QED) is 0.554. The third-order valence-corrected chi connectivity index (χ3v) is 2.28. The molecule has 0 rings (SSSR count). The van der Waals surface area contributed by atoms with E-state index in [1.165, 1.54) is 0 Å². The van der Waals surface area contributed by atoms with Gasteiger partial charge in [-0.1, -0.05) is 20.3 Å². The molecule has 14 heavy (non-hydrogen) atoms. The molecule has 1 unspecified atom stereocenters. The average molecular weight is 200 g/mol. The minimum atomic E-state index is 0.0616. The predicted octanol–water partition coefficient (Wildman–Crippen LogP) is 1.46. The summed E-state index contributed by atoms with van der Waals surface area (Å²) in [6.45, 7) is 5.67. The molecule has 3 heteroatoms. The zero-order chi connectivity index (χ0) is 10.8. The molecule has 0 saturated heterocycles. The van der Waals surface area contributed by atoms with E-state index in [0.29, 0.717) is 12.2 Å². The van der Waals surface area contributed by atoms with E-state index in [1.807, 2.05) is 13.8 Å². The first-order valence-electron chi connectivity index (χ1n) is 5.72. The Hall–Kier alpha value is -0.410. The molecule has 0 aliphatic rings. The summed E-state index contributed by atoms with van der Waals surface area (Å²) < 4.78 is 0. The predicted molar refractivity (Wildman–Crippen MR) is 60.3 cm³/mol. The number of rotatable bonds is 9. The van der Waals surface area contributed by atoms with Crippen LogP contribution in [0.15, 0.2) is 0 Å². The number of unbranched alkanes of at least 4 members (excludes halogenated alkanes) is 1. The number of ketones is 1. The topological polar surface area (TPSA) is 55.1 Å². The number of nitrogens with two attached hydrogens (primary N) is 1. The molecule has 3 N–H and O–H groups in total. The van der Waals surface area contributed by atoms with Gasteiger partial charge in [-0.15, -0.1) is 0 Å². The summed E-state index contributed by atoms with van der Waals surface area (Å²) in [4.78, 5) is 11.6. The van der Waals surface area contributed by atoms with Gasteiger partial charge in [-0.3, -0.25) is 4.79 Å². The molecule has 0 saturated carbocycles. The van der Waals surface area contributed by atoms with E-state index in [1.54, 1.807) is 0 Å². The lowest BCUT2D eigenvalue weighted by molar-refractivity contribution is -0.121. The van der Waals surface area contributed by atoms with Gasteiger partial charge >= 0.3 is 0 Å². The van der Waals surface area contributed by atoms with Gasteiger partial charge in [0.1, 0.15) is 5.78 Å². The van der Waals surface area contributed by atoms with Crippen LogP contribution in [0.3, 0.4) is 0 Å². The molecule has 1 atom stereocenters. The zero-order valence-corrected chi connectivity index (χ0v) is 9.51. The van der Waals surface area contributed by atoms with E-state index in [9.17, 15) is 4.79 Å². The summed E-state index contributed by atoms with van der Waals surface area (Å²) in [5, 5.41) is 3.24. The van der Waals surface area contributed by atoms with E-state index in [0.717, 1.165) is 38.8 Å². The van der Waals surface area contributed by atoms with Crippen LogP contribution in [0.25, 0.3) is 0 Å². The summed E-state index contributed by atoms with van der Waals surface area (Å²) in [5.41, 5.74) is 5.42. The van der Waals surface area contributed by atoms with Crippen LogP contribution in [0.4, 0.5) is 0 Å². The van der Waals surface area contributed by atoms with Crippen molar-refractivity contribution in [1.29, 1.82) is 0 Å². The van der Waals surface area contributed by atoms with E-state index < -0.39 is 0 Å². The maximum Gasteiger partial charge on any atom is 0.149 e. The first-order valence-corrected chi connectivity index (χ1v) is 5.72. The fraction of sp³-hybridized carbons (Fsp3) is 0.909. The highest BCUT2D eigenvalue weighted by Gasteiger charge is 2.14. The van der Waals surface area contributed by atoms with Crippen LogP contribution in [0, 0.1) is 0 Å². The van der Waals surface area contributed by atoms with Crippen LogP contribution in [0.1, 0.15) is 46.0 Å². The smallest absolute Gasteiger partial charge is 0.149 e. The van der Waals surface area contributed by atoms with Crippen molar-refractivity contribution in [3.8, 4) is 0 Å². The highest BCUT2D eigenvalue weighted by Crippen LogP contribution is 2.05. The number of hydrogen-bond acceptors (Lipinski definition) is 3. The van der Waals surface area contributed by atoms with E-state index in [2.05, 4.69) is 5.32 Å². The fourth-order valence-electron chi connectivity index (χ4n) is 1.54. The van der Waals surface area contributed by atoms with Crippen LogP contribution < -0.4 is 11.1 Å². The van der Waals surface area contributed by atoms with Crippen LogP contribution in [0.2, 0.25) is 0 Å². The zero-order valence-electron chi connectivity index (χ0n) is 9.51. The summed E-state index contributed by atoms with van der Waals surface area (Å²) in [7, 11) is 0. The Bertz CT molecular complexity index is 148. The number of carbonyl (C=O) groups excluding carboxylic acids is 1. The molecule has 3 nitrogen and oxygen atoms in total. The maximum atomic E-state index is 11.6. The van der Waals surface area contributed by atoms with Crippen LogP contribution >= 0.6 is 0 Å². The molecule has 0 bridgehead atoms. The minimum absolute atomic E-state index is 0.0616. The summed E-state index contributed by atoms with van der Waals surface area (Å²) in [6, 6.07) is 0.0616. The molecular weight excluding hydrogens is 176 g/mol. The van der Waals surface area contributed by atoms with Crippen LogP contribution in [-0.4, -0.2) is 24.9 Å². The van der Waals surface area contributed by atoms with Crippen molar-refractivity contribution in [2.24, 2.45) is 5.73 Å². The van der Waals surface area contributed by atoms with Crippen molar-refractivity contribution in [2.45, 2.75) is 52.0 Å². The molecule has 0 radical (unpaired) electrons. The van der Waals surface area contributed by atoms with Crippen LogP contribution in [0.5, 0.6) is 0 Å². The lowest BCUT2D eigenvalue weighted by Gasteiger charge is -2.15. The van der Waals surface area contributed by atoms with E-state index in [4.69, 9.17) is 5.73 Å². The summed E-state index contributed by atoms with van der Waals surface area (Å²) in [6.07, 6.45) is 4.63. The normalized spacial score (nSPS) is 12.8. The Balaban J connectivity index is 3.81. The third kappa shape index (κ3) is 6.11. The van der Waals surface area contributed by atoms with Gasteiger partial charge in [0.05, 0.1) is 6.04 Å². The lowest BCUT2D eigenvalue weighted by Crippen LogP contribution is -2.36. The Labute approximate surface area is 87.4 Å². The molecule has 0 aliphatic heterocycles. The summed E-state index contributed by atoms with van der Waals surface area (Å²) in [5.74, 6) is 0.353. The molecule has 0 spiro atoms. The molecule has 0 aromatic carbocycles. The molecule has 0 fully saturated rings. The Kier molecular flexibility index (Phi) is 8.89. The molecule has 0 aromatic rings. The largest absolute Gasteiger partial charge is 0.330 e. The molecule has 0 heterocycles. The van der Waals surface area contributed by atoms with Gasteiger partial charge in [-0.05, 0) is 32.4 Å². The number of likely N-dealkylation sites (N-methyl/N-ethyl adjacent to an activating group) is 1. The first-order chi connectivity index (χ1) is 6.76. The van der Waals surface area contributed by atoms with E-state index in [-0.39, 0.29) is 6.04 Å². The third-order valence-electron chi connectivity index (χ3n) is 2.28. The van der Waals surface area contributed by atoms with Gasteiger partial charge in [0.25, 0.3) is 0 Å². The van der Waals surface area contributed by atoms with Crippen molar-refractivity contribution in [3.63, 3.8) is 0 Å². The average Bonchev–Trinajstić information content (AvgIpc) is 2.17. The Morgan fingerprint density at radius 3 is 2.57 bits per heavy atom.